The molecule has 3 nitrogen and oxygen atoms in total. The number of ether oxygens (including phenoxy) is 1. The normalized spacial score (nSPS) is 14.4. The number of anilines is 1. The van der Waals surface area contributed by atoms with Crippen molar-refractivity contribution < 1.29 is 27.1 Å². The number of esters is 1. The molecule has 0 aromatic heterocycles. The van der Waals surface area contributed by atoms with Crippen molar-refractivity contribution in [2.45, 2.75) is 37.9 Å². The molecule has 0 radical (unpaired) electrons. The summed E-state index contributed by atoms with van der Waals surface area (Å²) in [6.45, 7) is 1.46. The maximum absolute atomic E-state index is 12.8. The van der Waals surface area contributed by atoms with Crippen LogP contribution in [0.25, 0.3) is 0 Å². The Balaban J connectivity index is 2.78. The van der Waals surface area contributed by atoms with Crippen molar-refractivity contribution in [1.82, 2.24) is 0 Å². The number of nitrogens with one attached hydrogen (secondary N) is 1. The number of halogens is 4. The lowest BCUT2D eigenvalue weighted by molar-refractivity contribution is -0.148. The van der Waals surface area contributed by atoms with Crippen LogP contribution in [-0.2, 0) is 9.53 Å². The van der Waals surface area contributed by atoms with Gasteiger partial charge in [0.1, 0.15) is 11.4 Å². The molecular formula is C14H17F4NO2. The van der Waals surface area contributed by atoms with E-state index in [1.54, 1.807) is 0 Å². The molecular weight excluding hydrogens is 290 g/mol. The molecule has 0 aliphatic carbocycles. The van der Waals surface area contributed by atoms with Crippen LogP contribution in [0.2, 0.25) is 0 Å². The predicted molar refractivity (Wildman–Crippen MR) is 70.3 cm³/mol. The van der Waals surface area contributed by atoms with Gasteiger partial charge in [-0.1, -0.05) is 0 Å². The Morgan fingerprint density at radius 3 is 2.24 bits per heavy atom. The van der Waals surface area contributed by atoms with Crippen LogP contribution in [0.3, 0.4) is 0 Å². The first-order valence-corrected chi connectivity index (χ1v) is 6.35. The molecule has 1 aromatic rings. The molecule has 0 bridgehead atoms. The van der Waals surface area contributed by atoms with Crippen molar-refractivity contribution in [3.8, 4) is 0 Å². The third-order valence-electron chi connectivity index (χ3n) is 3.04. The Bertz CT molecular complexity index is 473. The number of benzene rings is 1. The molecule has 1 unspecified atom stereocenters. The standard InChI is InChI=1S/C14H17F4NO2/c1-13(12(20)21-2,8-3-9-14(16,17)18)19-11-6-4-10(15)5-7-11/h4-7,19H,3,8-9H2,1-2H3. The van der Waals surface area contributed by atoms with Gasteiger partial charge in [0.25, 0.3) is 0 Å². The Morgan fingerprint density at radius 1 is 1.19 bits per heavy atom. The van der Waals surface area contributed by atoms with Crippen LogP contribution in [0.1, 0.15) is 26.2 Å². The minimum atomic E-state index is -4.27. The van der Waals surface area contributed by atoms with Crippen LogP contribution in [0.4, 0.5) is 23.2 Å². The fourth-order valence-electron chi connectivity index (χ4n) is 1.94. The number of carbonyl (C=O) groups is 1. The molecule has 0 fully saturated rings. The lowest BCUT2D eigenvalue weighted by atomic mass is 9.94. The van der Waals surface area contributed by atoms with Gasteiger partial charge in [-0.15, -0.1) is 0 Å². The van der Waals surface area contributed by atoms with Crippen LogP contribution in [0, 0.1) is 5.82 Å². The molecule has 0 aliphatic rings. The maximum atomic E-state index is 12.8. The maximum Gasteiger partial charge on any atom is 0.389 e. The fraction of sp³-hybridized carbons (Fsp3) is 0.500. The van der Waals surface area contributed by atoms with Crippen LogP contribution >= 0.6 is 0 Å². The lowest BCUT2D eigenvalue weighted by Gasteiger charge is -2.29. The highest BCUT2D eigenvalue weighted by Crippen LogP contribution is 2.27. The van der Waals surface area contributed by atoms with Gasteiger partial charge in [-0.3, -0.25) is 0 Å². The summed E-state index contributed by atoms with van der Waals surface area (Å²) in [5.74, 6) is -1.12. The second kappa shape index (κ2) is 6.78. The van der Waals surface area contributed by atoms with Crippen molar-refractivity contribution in [3.05, 3.63) is 30.1 Å². The monoisotopic (exact) mass is 307 g/mol. The molecule has 0 saturated heterocycles. The first-order valence-electron chi connectivity index (χ1n) is 6.35. The van der Waals surface area contributed by atoms with E-state index < -0.39 is 29.9 Å². The zero-order valence-electron chi connectivity index (χ0n) is 11.8. The number of hydrogen-bond acceptors (Lipinski definition) is 3. The third kappa shape index (κ3) is 5.61. The zero-order chi connectivity index (χ0) is 16.1. The Morgan fingerprint density at radius 2 is 1.76 bits per heavy atom. The van der Waals surface area contributed by atoms with Crippen LogP contribution in [0.5, 0.6) is 0 Å². The largest absolute Gasteiger partial charge is 0.467 e. The SMILES string of the molecule is COC(=O)C(C)(CCCC(F)(F)F)Nc1ccc(F)cc1. The van der Waals surface area contributed by atoms with Gasteiger partial charge in [0, 0.05) is 12.1 Å². The van der Waals surface area contributed by atoms with Crippen molar-refractivity contribution in [3.63, 3.8) is 0 Å². The van der Waals surface area contributed by atoms with E-state index in [1.165, 1.54) is 31.2 Å². The van der Waals surface area contributed by atoms with Crippen molar-refractivity contribution >= 4 is 11.7 Å². The van der Waals surface area contributed by atoms with Gasteiger partial charge in [0.05, 0.1) is 7.11 Å². The summed E-state index contributed by atoms with van der Waals surface area (Å²) in [4.78, 5) is 11.8. The average Bonchev–Trinajstić information content (AvgIpc) is 2.39. The summed E-state index contributed by atoms with van der Waals surface area (Å²) in [7, 11) is 1.16. The predicted octanol–water partition coefficient (Wildman–Crippen LogP) is 3.90. The summed E-state index contributed by atoms with van der Waals surface area (Å²) >= 11 is 0. The topological polar surface area (TPSA) is 38.3 Å². The lowest BCUT2D eigenvalue weighted by Crippen LogP contribution is -2.44. The second-order valence-electron chi connectivity index (χ2n) is 4.92. The quantitative estimate of drug-likeness (QED) is 0.640. The number of rotatable bonds is 6. The highest BCUT2D eigenvalue weighted by atomic mass is 19.4. The Hall–Kier alpha value is -1.79. The fourth-order valence-corrected chi connectivity index (χ4v) is 1.94. The van der Waals surface area contributed by atoms with E-state index in [2.05, 4.69) is 10.1 Å². The van der Waals surface area contributed by atoms with Gasteiger partial charge >= 0.3 is 12.1 Å². The van der Waals surface area contributed by atoms with Gasteiger partial charge < -0.3 is 10.1 Å². The van der Waals surface area contributed by atoms with Crippen LogP contribution < -0.4 is 5.32 Å². The van der Waals surface area contributed by atoms with E-state index in [-0.39, 0.29) is 12.8 Å². The molecule has 0 heterocycles. The molecule has 0 saturated carbocycles. The minimum Gasteiger partial charge on any atom is -0.467 e. The summed E-state index contributed by atoms with van der Waals surface area (Å²) in [5.41, 5.74) is -0.881. The highest BCUT2D eigenvalue weighted by Gasteiger charge is 2.36. The van der Waals surface area contributed by atoms with Gasteiger partial charge in [0.15, 0.2) is 0 Å². The number of methoxy groups -OCH3 is 1. The number of carbonyl (C=O) groups excluding carboxylic acids is 1. The van der Waals surface area contributed by atoms with E-state index >= 15 is 0 Å². The molecule has 0 aliphatic heterocycles. The molecule has 1 rings (SSSR count). The number of hydrogen-bond donors (Lipinski definition) is 1. The molecule has 1 aromatic carbocycles. The van der Waals surface area contributed by atoms with E-state index in [9.17, 15) is 22.4 Å². The van der Waals surface area contributed by atoms with Gasteiger partial charge in [-0.05, 0) is 44.0 Å². The van der Waals surface area contributed by atoms with Gasteiger partial charge in [0.2, 0.25) is 0 Å². The molecule has 0 spiro atoms. The first kappa shape index (κ1) is 17.3. The second-order valence-corrected chi connectivity index (χ2v) is 4.92. The summed E-state index contributed by atoms with van der Waals surface area (Å²) < 4.78 is 54.1. The minimum absolute atomic E-state index is 0.0590. The van der Waals surface area contributed by atoms with E-state index in [0.29, 0.717) is 5.69 Å². The zero-order valence-corrected chi connectivity index (χ0v) is 11.8. The molecule has 118 valence electrons. The first-order chi connectivity index (χ1) is 9.66. The summed E-state index contributed by atoms with van der Waals surface area (Å²) in [5, 5.41) is 2.81. The third-order valence-corrected chi connectivity index (χ3v) is 3.04. The molecule has 1 atom stereocenters. The molecule has 1 N–H and O–H groups in total. The van der Waals surface area contributed by atoms with Crippen LogP contribution in [-0.4, -0.2) is 24.8 Å². The van der Waals surface area contributed by atoms with Gasteiger partial charge in [-0.2, -0.15) is 13.2 Å². The van der Waals surface area contributed by atoms with Crippen molar-refractivity contribution in [2.24, 2.45) is 0 Å². The molecule has 7 heteroatoms. The van der Waals surface area contributed by atoms with E-state index in [0.717, 1.165) is 7.11 Å². The van der Waals surface area contributed by atoms with E-state index in [1.807, 2.05) is 0 Å². The number of alkyl halides is 3. The van der Waals surface area contributed by atoms with Crippen LogP contribution in [0.15, 0.2) is 24.3 Å². The summed E-state index contributed by atoms with van der Waals surface area (Å²) in [6.07, 6.45) is -5.53. The average molecular weight is 307 g/mol. The highest BCUT2D eigenvalue weighted by molar-refractivity contribution is 5.83. The summed E-state index contributed by atoms with van der Waals surface area (Å²) in [6, 6.07) is 5.19. The Labute approximate surface area is 120 Å². The van der Waals surface area contributed by atoms with Crippen molar-refractivity contribution in [1.29, 1.82) is 0 Å². The van der Waals surface area contributed by atoms with Crippen molar-refractivity contribution in [2.75, 3.05) is 12.4 Å². The molecule has 21 heavy (non-hydrogen) atoms. The Kier molecular flexibility index (Phi) is 5.57. The molecule has 0 amide bonds. The van der Waals surface area contributed by atoms with E-state index in [4.69, 9.17) is 0 Å². The smallest absolute Gasteiger partial charge is 0.389 e. The van der Waals surface area contributed by atoms with Gasteiger partial charge in [-0.25, -0.2) is 9.18 Å².